The average Bonchev–Trinajstić information content (AvgIpc) is 2.96. The normalized spacial score (nSPS) is 11.0. The van der Waals surface area contributed by atoms with Crippen molar-refractivity contribution in [3.8, 4) is 0 Å². The van der Waals surface area contributed by atoms with Crippen molar-refractivity contribution in [1.29, 1.82) is 0 Å². The monoisotopic (exact) mass is 319 g/mol. The van der Waals surface area contributed by atoms with E-state index in [-0.39, 0.29) is 0 Å². The molecule has 2 aromatic heterocycles. The molecular weight excluding hydrogens is 310 g/mol. The highest BCUT2D eigenvalue weighted by molar-refractivity contribution is 9.10. The van der Waals surface area contributed by atoms with Gasteiger partial charge in [0.2, 0.25) is 0 Å². The lowest BCUT2D eigenvalue weighted by Gasteiger charge is -2.03. The van der Waals surface area contributed by atoms with Gasteiger partial charge in [0.25, 0.3) is 0 Å². The average molecular weight is 320 g/mol. The second kappa shape index (κ2) is 4.59. The minimum absolute atomic E-state index is 0.297. The smallest absolute Gasteiger partial charge is 0.335 e. The van der Waals surface area contributed by atoms with E-state index in [2.05, 4.69) is 15.9 Å². The number of hydrogen-bond donors (Lipinski definition) is 1. The summed E-state index contributed by atoms with van der Waals surface area (Å²) in [6.07, 6.45) is 1.92. The minimum Gasteiger partial charge on any atom is -0.478 e. The maximum absolute atomic E-state index is 10.9. The van der Waals surface area contributed by atoms with Gasteiger partial charge in [-0.25, -0.2) is 4.79 Å². The Bertz CT molecular complexity index is 757. The first-order valence-corrected chi connectivity index (χ1v) is 6.49. The summed E-state index contributed by atoms with van der Waals surface area (Å²) in [5, 5.41) is 9.87. The molecule has 1 aromatic carbocycles. The lowest BCUT2D eigenvalue weighted by molar-refractivity contribution is 0.0697. The summed E-state index contributed by atoms with van der Waals surface area (Å²) in [6.45, 7) is 0.613. The van der Waals surface area contributed by atoms with Crippen molar-refractivity contribution in [2.45, 2.75) is 6.54 Å². The fourth-order valence-corrected chi connectivity index (χ4v) is 2.42. The highest BCUT2D eigenvalue weighted by Gasteiger charge is 2.08. The molecule has 3 aromatic rings. The Kier molecular flexibility index (Phi) is 2.91. The largest absolute Gasteiger partial charge is 0.478 e. The Hall–Kier alpha value is -2.01. The van der Waals surface area contributed by atoms with Crippen LogP contribution in [0.1, 0.15) is 16.1 Å². The standard InChI is InChI=1S/C14H10BrNO3/c15-13-4-2-11(19-13)8-16-6-5-9-7-10(14(17)18)1-3-12(9)16/h1-7H,8H2,(H,17,18). The fourth-order valence-electron chi connectivity index (χ4n) is 2.08. The van der Waals surface area contributed by atoms with Crippen LogP contribution in [-0.2, 0) is 6.54 Å². The van der Waals surface area contributed by atoms with Gasteiger partial charge in [-0.2, -0.15) is 0 Å². The van der Waals surface area contributed by atoms with Crippen molar-refractivity contribution >= 4 is 32.8 Å². The number of aromatic nitrogens is 1. The summed E-state index contributed by atoms with van der Waals surface area (Å²) in [4.78, 5) is 10.9. The van der Waals surface area contributed by atoms with Crippen LogP contribution in [0.4, 0.5) is 0 Å². The molecule has 2 heterocycles. The van der Waals surface area contributed by atoms with Crippen LogP contribution < -0.4 is 0 Å². The van der Waals surface area contributed by atoms with E-state index in [0.29, 0.717) is 16.8 Å². The van der Waals surface area contributed by atoms with Crippen LogP contribution in [0, 0.1) is 0 Å². The zero-order valence-corrected chi connectivity index (χ0v) is 11.4. The van der Waals surface area contributed by atoms with Crippen molar-refractivity contribution in [2.24, 2.45) is 0 Å². The maximum Gasteiger partial charge on any atom is 0.335 e. The van der Waals surface area contributed by atoms with Gasteiger partial charge in [-0.3, -0.25) is 0 Å². The van der Waals surface area contributed by atoms with E-state index in [0.717, 1.165) is 16.7 Å². The third-order valence-corrected chi connectivity index (χ3v) is 3.40. The molecule has 0 saturated heterocycles. The third-order valence-electron chi connectivity index (χ3n) is 2.97. The zero-order valence-electron chi connectivity index (χ0n) is 9.84. The van der Waals surface area contributed by atoms with Gasteiger partial charge in [-0.15, -0.1) is 0 Å². The van der Waals surface area contributed by atoms with E-state index >= 15 is 0 Å². The number of carbonyl (C=O) groups is 1. The molecule has 0 aliphatic carbocycles. The van der Waals surface area contributed by atoms with Crippen LogP contribution in [0.2, 0.25) is 0 Å². The van der Waals surface area contributed by atoms with Gasteiger partial charge in [0.1, 0.15) is 5.76 Å². The van der Waals surface area contributed by atoms with Crippen LogP contribution in [0.25, 0.3) is 10.9 Å². The number of carboxylic acid groups (broad SMARTS) is 1. The highest BCUT2D eigenvalue weighted by atomic mass is 79.9. The van der Waals surface area contributed by atoms with Crippen molar-refractivity contribution in [3.05, 3.63) is 58.6 Å². The molecule has 1 N–H and O–H groups in total. The van der Waals surface area contributed by atoms with Crippen molar-refractivity contribution in [3.63, 3.8) is 0 Å². The molecule has 4 nitrogen and oxygen atoms in total. The van der Waals surface area contributed by atoms with Crippen molar-refractivity contribution < 1.29 is 14.3 Å². The SMILES string of the molecule is O=C(O)c1ccc2c(ccn2Cc2ccc(Br)o2)c1. The summed E-state index contributed by atoms with van der Waals surface area (Å²) in [6, 6.07) is 10.8. The third kappa shape index (κ3) is 2.29. The van der Waals surface area contributed by atoms with E-state index < -0.39 is 5.97 Å². The quantitative estimate of drug-likeness (QED) is 0.800. The van der Waals surface area contributed by atoms with Crippen LogP contribution in [0.15, 0.2) is 51.7 Å². The van der Waals surface area contributed by atoms with Gasteiger partial charge in [0.05, 0.1) is 12.1 Å². The molecule has 0 radical (unpaired) electrons. The molecular formula is C14H10BrNO3. The molecule has 3 rings (SSSR count). The highest BCUT2D eigenvalue weighted by Crippen LogP contribution is 2.21. The molecule has 0 unspecified atom stereocenters. The first-order valence-electron chi connectivity index (χ1n) is 5.70. The Labute approximate surface area is 117 Å². The zero-order chi connectivity index (χ0) is 13.4. The summed E-state index contributed by atoms with van der Waals surface area (Å²) in [5.74, 6) is -0.0729. The van der Waals surface area contributed by atoms with Crippen LogP contribution >= 0.6 is 15.9 Å². The molecule has 0 spiro atoms. The second-order valence-electron chi connectivity index (χ2n) is 4.23. The predicted octanol–water partition coefficient (Wildman–Crippen LogP) is 3.74. The van der Waals surface area contributed by atoms with Gasteiger partial charge in [-0.1, -0.05) is 0 Å². The first kappa shape index (κ1) is 12.0. The molecule has 5 heteroatoms. The lowest BCUT2D eigenvalue weighted by atomic mass is 10.1. The Balaban J connectivity index is 1.99. The van der Waals surface area contributed by atoms with E-state index in [4.69, 9.17) is 9.52 Å². The topological polar surface area (TPSA) is 55.4 Å². The number of halogens is 1. The van der Waals surface area contributed by atoms with Crippen molar-refractivity contribution in [2.75, 3.05) is 0 Å². The van der Waals surface area contributed by atoms with Crippen molar-refractivity contribution in [1.82, 2.24) is 4.57 Å². The summed E-state index contributed by atoms with van der Waals surface area (Å²) in [7, 11) is 0. The van der Waals surface area contributed by atoms with E-state index in [9.17, 15) is 4.79 Å². The van der Waals surface area contributed by atoms with Gasteiger partial charge >= 0.3 is 5.97 Å². The van der Waals surface area contributed by atoms with Crippen LogP contribution in [-0.4, -0.2) is 15.6 Å². The molecule has 0 aliphatic rings. The number of carboxylic acids is 1. The van der Waals surface area contributed by atoms with Crippen LogP contribution in [0.3, 0.4) is 0 Å². The van der Waals surface area contributed by atoms with Gasteiger partial charge < -0.3 is 14.1 Å². The molecule has 0 fully saturated rings. The summed E-state index contributed by atoms with van der Waals surface area (Å²) in [5.41, 5.74) is 1.28. The number of nitrogens with zero attached hydrogens (tertiary/aromatic N) is 1. The summed E-state index contributed by atoms with van der Waals surface area (Å²) >= 11 is 3.27. The Morgan fingerprint density at radius 2 is 2.11 bits per heavy atom. The molecule has 96 valence electrons. The predicted molar refractivity (Wildman–Crippen MR) is 74.4 cm³/mol. The first-order chi connectivity index (χ1) is 9.13. The number of fused-ring (bicyclic) bond motifs is 1. The van der Waals surface area contributed by atoms with Gasteiger partial charge in [0.15, 0.2) is 4.67 Å². The van der Waals surface area contributed by atoms with E-state index in [1.807, 2.05) is 35.0 Å². The van der Waals surface area contributed by atoms with Gasteiger partial charge in [0, 0.05) is 17.1 Å². The second-order valence-corrected chi connectivity index (χ2v) is 5.01. The molecule has 0 amide bonds. The molecule has 0 aliphatic heterocycles. The molecule has 0 saturated carbocycles. The fraction of sp³-hybridized carbons (Fsp3) is 0.0714. The molecule has 0 bridgehead atoms. The Morgan fingerprint density at radius 1 is 1.26 bits per heavy atom. The number of rotatable bonds is 3. The van der Waals surface area contributed by atoms with E-state index in [1.54, 1.807) is 12.1 Å². The van der Waals surface area contributed by atoms with Gasteiger partial charge in [-0.05, 0) is 52.3 Å². The Morgan fingerprint density at radius 3 is 2.79 bits per heavy atom. The number of furan rings is 1. The molecule has 0 atom stereocenters. The van der Waals surface area contributed by atoms with Crippen LogP contribution in [0.5, 0.6) is 0 Å². The maximum atomic E-state index is 10.9. The van der Waals surface area contributed by atoms with E-state index in [1.165, 1.54) is 0 Å². The summed E-state index contributed by atoms with van der Waals surface area (Å²) < 4.78 is 8.19. The lowest BCUT2D eigenvalue weighted by Crippen LogP contribution is -1.98. The number of benzene rings is 1. The number of hydrogen-bond acceptors (Lipinski definition) is 2. The number of aromatic carboxylic acids is 1. The minimum atomic E-state index is -0.912. The molecule has 19 heavy (non-hydrogen) atoms.